The predicted molar refractivity (Wildman–Crippen MR) is 76.3 cm³/mol. The van der Waals surface area contributed by atoms with Crippen LogP contribution in [0.15, 0.2) is 0 Å². The second-order valence-corrected chi connectivity index (χ2v) is 6.04. The number of nitrogens with one attached hydrogen (secondary N) is 1. The Morgan fingerprint density at radius 3 is 2.50 bits per heavy atom. The molecule has 1 heterocycles. The van der Waals surface area contributed by atoms with Crippen molar-refractivity contribution in [2.24, 2.45) is 11.1 Å². The third-order valence-electron chi connectivity index (χ3n) is 4.23. The summed E-state index contributed by atoms with van der Waals surface area (Å²) in [4.78, 5) is 14.9. The number of rotatable bonds is 5. The summed E-state index contributed by atoms with van der Waals surface area (Å²) in [7, 11) is 0. The monoisotopic (exact) mass is 269 g/mol. The van der Waals surface area contributed by atoms with Crippen molar-refractivity contribution in [1.29, 1.82) is 0 Å². The highest BCUT2D eigenvalue weighted by molar-refractivity contribution is 7.80. The van der Waals surface area contributed by atoms with Crippen LogP contribution in [0.4, 0.5) is 0 Å². The van der Waals surface area contributed by atoms with Crippen LogP contribution >= 0.6 is 12.2 Å². The number of carbonyl (C=O) groups is 1. The molecule has 1 amide bonds. The zero-order valence-electron chi connectivity index (χ0n) is 11.1. The topological polar surface area (TPSA) is 58.4 Å². The van der Waals surface area contributed by atoms with E-state index in [0.717, 1.165) is 25.9 Å². The third kappa shape index (κ3) is 2.83. The molecule has 0 bridgehead atoms. The molecule has 4 nitrogen and oxygen atoms in total. The highest BCUT2D eigenvalue weighted by Gasteiger charge is 2.52. The van der Waals surface area contributed by atoms with Gasteiger partial charge in [-0.25, -0.2) is 0 Å². The first-order valence-corrected chi connectivity index (χ1v) is 7.29. The molecular weight excluding hydrogens is 246 g/mol. The molecule has 3 N–H and O–H groups in total. The van der Waals surface area contributed by atoms with Crippen molar-refractivity contribution in [3.05, 3.63) is 0 Å². The molecule has 18 heavy (non-hydrogen) atoms. The van der Waals surface area contributed by atoms with Gasteiger partial charge in [-0.15, -0.1) is 0 Å². The van der Waals surface area contributed by atoms with Crippen molar-refractivity contribution >= 4 is 23.1 Å². The molecule has 2 fully saturated rings. The Labute approximate surface area is 114 Å². The van der Waals surface area contributed by atoms with E-state index in [1.165, 1.54) is 19.3 Å². The van der Waals surface area contributed by atoms with Gasteiger partial charge in [0.25, 0.3) is 0 Å². The van der Waals surface area contributed by atoms with Crippen LogP contribution < -0.4 is 11.1 Å². The number of nitrogens with two attached hydrogens (primary N) is 1. The van der Waals surface area contributed by atoms with E-state index in [2.05, 4.69) is 17.1 Å². The molecule has 5 heteroatoms. The van der Waals surface area contributed by atoms with Gasteiger partial charge in [-0.1, -0.05) is 18.6 Å². The second kappa shape index (κ2) is 5.53. The fourth-order valence-electron chi connectivity index (χ4n) is 2.61. The van der Waals surface area contributed by atoms with Crippen LogP contribution in [0.5, 0.6) is 0 Å². The first-order valence-electron chi connectivity index (χ1n) is 6.88. The molecular formula is C13H23N3OS. The molecule has 1 saturated carbocycles. The average molecular weight is 269 g/mol. The molecule has 1 atom stereocenters. The Morgan fingerprint density at radius 1 is 1.39 bits per heavy atom. The molecule has 1 unspecified atom stereocenters. The van der Waals surface area contributed by atoms with E-state index in [1.807, 2.05) is 0 Å². The van der Waals surface area contributed by atoms with Gasteiger partial charge in [0.2, 0.25) is 5.91 Å². The lowest BCUT2D eigenvalue weighted by Crippen LogP contribution is -2.47. The zero-order valence-corrected chi connectivity index (χ0v) is 11.9. The number of carbonyl (C=O) groups excluding carboxylic acids is 1. The quantitative estimate of drug-likeness (QED) is 0.732. The SMILES string of the molecule is CC(CNC(=O)C1(C(N)=S)CC1)N1CCCCC1. The molecule has 2 aliphatic rings. The molecule has 0 aromatic heterocycles. The number of likely N-dealkylation sites (tertiary alicyclic amines) is 1. The van der Waals surface area contributed by atoms with Crippen molar-refractivity contribution in [2.45, 2.75) is 45.1 Å². The van der Waals surface area contributed by atoms with E-state index in [9.17, 15) is 4.79 Å². The van der Waals surface area contributed by atoms with Gasteiger partial charge in [0.15, 0.2) is 0 Å². The fourth-order valence-corrected chi connectivity index (χ4v) is 2.91. The Balaban J connectivity index is 1.77. The van der Waals surface area contributed by atoms with Crippen molar-refractivity contribution in [3.8, 4) is 0 Å². The largest absolute Gasteiger partial charge is 0.392 e. The van der Waals surface area contributed by atoms with E-state index in [4.69, 9.17) is 18.0 Å². The highest BCUT2D eigenvalue weighted by Crippen LogP contribution is 2.46. The molecule has 0 spiro atoms. The number of piperidine rings is 1. The number of hydrogen-bond donors (Lipinski definition) is 2. The predicted octanol–water partition coefficient (Wildman–Crippen LogP) is 1.04. The molecule has 0 aromatic carbocycles. The normalized spacial score (nSPS) is 24.3. The summed E-state index contributed by atoms with van der Waals surface area (Å²) in [5.74, 6) is 0.0267. The standard InChI is InChI=1S/C13H23N3OS/c1-10(16-7-3-2-4-8-16)9-15-12(17)13(5-6-13)11(14)18/h10H,2-9H2,1H3,(H2,14,18)(H,15,17). The fraction of sp³-hybridized carbons (Fsp3) is 0.846. The van der Waals surface area contributed by atoms with E-state index < -0.39 is 5.41 Å². The smallest absolute Gasteiger partial charge is 0.233 e. The van der Waals surface area contributed by atoms with E-state index in [-0.39, 0.29) is 5.91 Å². The van der Waals surface area contributed by atoms with Crippen molar-refractivity contribution in [3.63, 3.8) is 0 Å². The lowest BCUT2D eigenvalue weighted by Gasteiger charge is -2.32. The van der Waals surface area contributed by atoms with Crippen LogP contribution in [0, 0.1) is 5.41 Å². The van der Waals surface area contributed by atoms with Crippen molar-refractivity contribution < 1.29 is 4.79 Å². The Hall–Kier alpha value is -0.680. The van der Waals surface area contributed by atoms with Crippen LogP contribution in [-0.4, -0.2) is 41.5 Å². The number of hydrogen-bond acceptors (Lipinski definition) is 3. The van der Waals surface area contributed by atoms with Crippen LogP contribution in [-0.2, 0) is 4.79 Å². The van der Waals surface area contributed by atoms with Crippen LogP contribution in [0.1, 0.15) is 39.0 Å². The van der Waals surface area contributed by atoms with Gasteiger partial charge in [0.1, 0.15) is 0 Å². The zero-order chi connectivity index (χ0) is 13.2. The van der Waals surface area contributed by atoms with Crippen LogP contribution in [0.25, 0.3) is 0 Å². The minimum absolute atomic E-state index is 0.0267. The maximum atomic E-state index is 12.1. The maximum absolute atomic E-state index is 12.1. The summed E-state index contributed by atoms with van der Waals surface area (Å²) in [5, 5.41) is 3.02. The van der Waals surface area contributed by atoms with Gasteiger partial charge in [-0.2, -0.15) is 0 Å². The summed E-state index contributed by atoms with van der Waals surface area (Å²) in [6.45, 7) is 5.17. The van der Waals surface area contributed by atoms with Crippen molar-refractivity contribution in [1.82, 2.24) is 10.2 Å². The Bertz CT molecular complexity index is 335. The second-order valence-electron chi connectivity index (χ2n) is 5.60. The van der Waals surface area contributed by atoms with Gasteiger partial charge in [-0.05, 0) is 45.7 Å². The van der Waals surface area contributed by atoms with E-state index in [0.29, 0.717) is 17.6 Å². The average Bonchev–Trinajstić information content (AvgIpc) is 3.18. The van der Waals surface area contributed by atoms with Gasteiger partial charge in [0, 0.05) is 12.6 Å². The molecule has 102 valence electrons. The first kappa shape index (κ1) is 13.7. The summed E-state index contributed by atoms with van der Waals surface area (Å²) < 4.78 is 0. The van der Waals surface area contributed by atoms with Gasteiger partial charge >= 0.3 is 0 Å². The van der Waals surface area contributed by atoms with Gasteiger partial charge in [0.05, 0.1) is 10.4 Å². The van der Waals surface area contributed by atoms with E-state index >= 15 is 0 Å². The van der Waals surface area contributed by atoms with Crippen molar-refractivity contribution in [2.75, 3.05) is 19.6 Å². The maximum Gasteiger partial charge on any atom is 0.233 e. The summed E-state index contributed by atoms with van der Waals surface area (Å²) in [6.07, 6.45) is 5.50. The summed E-state index contributed by atoms with van der Waals surface area (Å²) >= 11 is 4.98. The molecule has 1 aliphatic carbocycles. The number of amides is 1. The van der Waals surface area contributed by atoms with E-state index in [1.54, 1.807) is 0 Å². The van der Waals surface area contributed by atoms with Gasteiger partial charge < -0.3 is 11.1 Å². The number of nitrogens with zero attached hydrogens (tertiary/aromatic N) is 1. The molecule has 2 rings (SSSR count). The van der Waals surface area contributed by atoms with Gasteiger partial charge in [-0.3, -0.25) is 9.69 Å². The summed E-state index contributed by atoms with van der Waals surface area (Å²) in [5.41, 5.74) is 5.13. The molecule has 0 radical (unpaired) electrons. The minimum atomic E-state index is -0.517. The third-order valence-corrected chi connectivity index (χ3v) is 4.62. The Kier molecular flexibility index (Phi) is 4.22. The van der Waals surface area contributed by atoms with Crippen LogP contribution in [0.2, 0.25) is 0 Å². The summed E-state index contributed by atoms with van der Waals surface area (Å²) in [6, 6.07) is 0.399. The van der Waals surface area contributed by atoms with Crippen LogP contribution in [0.3, 0.4) is 0 Å². The lowest BCUT2D eigenvalue weighted by molar-refractivity contribution is -0.124. The highest BCUT2D eigenvalue weighted by atomic mass is 32.1. The lowest BCUT2D eigenvalue weighted by atomic mass is 10.1. The Morgan fingerprint density at radius 2 is 2.00 bits per heavy atom. The minimum Gasteiger partial charge on any atom is -0.392 e. The molecule has 1 saturated heterocycles. The molecule has 0 aromatic rings. The molecule has 1 aliphatic heterocycles. The number of thiocarbonyl (C=S) groups is 1. The first-order chi connectivity index (χ1) is 8.56.